The zero-order valence-corrected chi connectivity index (χ0v) is 13.3. The first-order valence-corrected chi connectivity index (χ1v) is 8.17. The Balaban J connectivity index is 2.41. The van der Waals surface area contributed by atoms with Crippen LogP contribution in [0.3, 0.4) is 0 Å². The zero-order valence-electron chi connectivity index (χ0n) is 13.3. The molecule has 0 aliphatic carbocycles. The van der Waals surface area contributed by atoms with E-state index in [4.69, 9.17) is 0 Å². The molecule has 1 atom stereocenters. The predicted octanol–water partition coefficient (Wildman–Crippen LogP) is 6.14. The highest BCUT2D eigenvalue weighted by Gasteiger charge is 2.13. The summed E-state index contributed by atoms with van der Waals surface area (Å²) in [4.78, 5) is 0. The summed E-state index contributed by atoms with van der Waals surface area (Å²) in [5.74, 6) is 0.726. The third kappa shape index (κ3) is 2.44. The van der Waals surface area contributed by atoms with Gasteiger partial charge in [0.2, 0.25) is 0 Å². The van der Waals surface area contributed by atoms with Crippen LogP contribution in [0.4, 0.5) is 0 Å². The fourth-order valence-electron chi connectivity index (χ4n) is 3.40. The van der Waals surface area contributed by atoms with Crippen LogP contribution in [-0.2, 0) is 12.8 Å². The fourth-order valence-corrected chi connectivity index (χ4v) is 3.40. The van der Waals surface area contributed by atoms with Crippen LogP contribution in [0.5, 0.6) is 0 Å². The molecule has 0 aromatic heterocycles. The molecule has 0 aliphatic heterocycles. The van der Waals surface area contributed by atoms with E-state index in [1.807, 2.05) is 0 Å². The molecule has 0 bridgehead atoms. The predicted molar refractivity (Wildman–Crippen MR) is 94.0 cm³/mol. The first-order valence-electron chi connectivity index (χ1n) is 8.17. The molecule has 0 heteroatoms. The highest BCUT2D eigenvalue weighted by atomic mass is 14.2. The molecule has 0 spiro atoms. The molecule has 108 valence electrons. The SMILES string of the molecule is CCc1c2ccccc2c(CC(C)CC)c2ccccc12. The molecule has 0 saturated carbocycles. The maximum absolute atomic E-state index is 2.36. The Morgan fingerprint density at radius 1 is 0.714 bits per heavy atom. The van der Waals surface area contributed by atoms with E-state index in [1.165, 1.54) is 45.5 Å². The highest BCUT2D eigenvalue weighted by molar-refractivity contribution is 6.05. The van der Waals surface area contributed by atoms with Crippen molar-refractivity contribution in [2.75, 3.05) is 0 Å². The van der Waals surface area contributed by atoms with Gasteiger partial charge in [-0.2, -0.15) is 0 Å². The smallest absolute Gasteiger partial charge is 0.0143 e. The largest absolute Gasteiger partial charge is 0.0651 e. The van der Waals surface area contributed by atoms with Crippen LogP contribution in [0.25, 0.3) is 21.5 Å². The van der Waals surface area contributed by atoms with E-state index in [0.29, 0.717) is 0 Å². The molecule has 0 nitrogen and oxygen atoms in total. The minimum absolute atomic E-state index is 0.726. The van der Waals surface area contributed by atoms with E-state index in [1.54, 1.807) is 0 Å². The van der Waals surface area contributed by atoms with Crippen LogP contribution >= 0.6 is 0 Å². The summed E-state index contributed by atoms with van der Waals surface area (Å²) in [5.41, 5.74) is 3.03. The van der Waals surface area contributed by atoms with Crippen LogP contribution in [0.15, 0.2) is 48.5 Å². The molecule has 0 saturated heterocycles. The van der Waals surface area contributed by atoms with Gasteiger partial charge in [-0.3, -0.25) is 0 Å². The van der Waals surface area contributed by atoms with Crippen LogP contribution in [-0.4, -0.2) is 0 Å². The number of hydrogen-bond acceptors (Lipinski definition) is 0. The molecule has 0 fully saturated rings. The Kier molecular flexibility index (Phi) is 3.96. The number of benzene rings is 3. The van der Waals surface area contributed by atoms with Gasteiger partial charge < -0.3 is 0 Å². The van der Waals surface area contributed by atoms with Crippen molar-refractivity contribution in [3.05, 3.63) is 59.7 Å². The van der Waals surface area contributed by atoms with Gasteiger partial charge in [0.15, 0.2) is 0 Å². The quantitative estimate of drug-likeness (QED) is 0.502. The molecular formula is C21H24. The number of rotatable bonds is 4. The molecule has 0 radical (unpaired) electrons. The molecule has 0 aliphatic rings. The average molecular weight is 276 g/mol. The second kappa shape index (κ2) is 5.89. The maximum Gasteiger partial charge on any atom is -0.0143 e. The van der Waals surface area contributed by atoms with Crippen LogP contribution in [0, 0.1) is 5.92 Å². The molecule has 21 heavy (non-hydrogen) atoms. The first kappa shape index (κ1) is 14.1. The molecular weight excluding hydrogens is 252 g/mol. The Morgan fingerprint density at radius 2 is 1.14 bits per heavy atom. The summed E-state index contributed by atoms with van der Waals surface area (Å²) >= 11 is 0. The molecule has 3 rings (SSSR count). The number of aryl methyl sites for hydroxylation is 1. The van der Waals surface area contributed by atoms with Crippen molar-refractivity contribution < 1.29 is 0 Å². The van der Waals surface area contributed by atoms with Crippen molar-refractivity contribution in [2.45, 2.75) is 40.0 Å². The van der Waals surface area contributed by atoms with E-state index in [9.17, 15) is 0 Å². The van der Waals surface area contributed by atoms with Gasteiger partial charge in [0.1, 0.15) is 0 Å². The molecule has 0 amide bonds. The fraction of sp³-hybridized carbons (Fsp3) is 0.333. The summed E-state index contributed by atoms with van der Waals surface area (Å²) in [6, 6.07) is 17.9. The first-order chi connectivity index (χ1) is 10.3. The zero-order chi connectivity index (χ0) is 14.8. The van der Waals surface area contributed by atoms with Crippen molar-refractivity contribution in [3.63, 3.8) is 0 Å². The van der Waals surface area contributed by atoms with Crippen molar-refractivity contribution in [1.82, 2.24) is 0 Å². The Morgan fingerprint density at radius 3 is 1.52 bits per heavy atom. The summed E-state index contributed by atoms with van der Waals surface area (Å²) in [6.45, 7) is 6.91. The van der Waals surface area contributed by atoms with Crippen molar-refractivity contribution in [2.24, 2.45) is 5.92 Å². The maximum atomic E-state index is 2.36. The summed E-state index contributed by atoms with van der Waals surface area (Å²) in [7, 11) is 0. The van der Waals surface area contributed by atoms with Crippen molar-refractivity contribution >= 4 is 21.5 Å². The summed E-state index contributed by atoms with van der Waals surface area (Å²) in [6.07, 6.45) is 3.49. The van der Waals surface area contributed by atoms with Gasteiger partial charge in [-0.25, -0.2) is 0 Å². The van der Waals surface area contributed by atoms with Crippen molar-refractivity contribution in [1.29, 1.82) is 0 Å². The molecule has 3 aromatic rings. The third-order valence-corrected chi connectivity index (χ3v) is 4.76. The second-order valence-electron chi connectivity index (χ2n) is 6.12. The van der Waals surface area contributed by atoms with E-state index in [0.717, 1.165) is 12.3 Å². The Hall–Kier alpha value is -1.82. The van der Waals surface area contributed by atoms with Gasteiger partial charge in [0.05, 0.1) is 0 Å². The second-order valence-corrected chi connectivity index (χ2v) is 6.12. The van der Waals surface area contributed by atoms with E-state index < -0.39 is 0 Å². The Labute approximate surface area is 127 Å². The monoisotopic (exact) mass is 276 g/mol. The van der Waals surface area contributed by atoms with Crippen LogP contribution in [0.1, 0.15) is 38.3 Å². The van der Waals surface area contributed by atoms with Gasteiger partial charge in [0, 0.05) is 0 Å². The summed E-state index contributed by atoms with van der Waals surface area (Å²) in [5, 5.41) is 5.79. The lowest BCUT2D eigenvalue weighted by atomic mass is 9.86. The van der Waals surface area contributed by atoms with Crippen LogP contribution in [0.2, 0.25) is 0 Å². The molecule has 1 unspecified atom stereocenters. The van der Waals surface area contributed by atoms with Crippen molar-refractivity contribution in [3.8, 4) is 0 Å². The highest BCUT2D eigenvalue weighted by Crippen LogP contribution is 2.34. The molecule has 0 heterocycles. The van der Waals surface area contributed by atoms with Crippen LogP contribution < -0.4 is 0 Å². The number of fused-ring (bicyclic) bond motifs is 2. The third-order valence-electron chi connectivity index (χ3n) is 4.76. The van der Waals surface area contributed by atoms with Gasteiger partial charge in [-0.15, -0.1) is 0 Å². The lowest BCUT2D eigenvalue weighted by molar-refractivity contribution is 0.564. The minimum atomic E-state index is 0.726. The van der Waals surface area contributed by atoms with Gasteiger partial charge in [-0.1, -0.05) is 75.7 Å². The topological polar surface area (TPSA) is 0 Å². The standard InChI is InChI=1S/C21H24/c1-4-15(3)14-21-19-12-8-6-10-17(19)16(5-2)18-11-7-9-13-20(18)21/h6-13,15H,4-5,14H2,1-3H3. The lowest BCUT2D eigenvalue weighted by Crippen LogP contribution is -2.01. The van der Waals surface area contributed by atoms with E-state index in [2.05, 4.69) is 69.3 Å². The van der Waals surface area contributed by atoms with E-state index in [-0.39, 0.29) is 0 Å². The Bertz CT molecular complexity index is 710. The van der Waals surface area contributed by atoms with E-state index >= 15 is 0 Å². The lowest BCUT2D eigenvalue weighted by Gasteiger charge is -2.18. The van der Waals surface area contributed by atoms with Gasteiger partial charge in [0.25, 0.3) is 0 Å². The van der Waals surface area contributed by atoms with Gasteiger partial charge >= 0.3 is 0 Å². The minimum Gasteiger partial charge on any atom is -0.0651 e. The number of hydrogen-bond donors (Lipinski definition) is 0. The van der Waals surface area contributed by atoms with Gasteiger partial charge in [-0.05, 0) is 51.4 Å². The summed E-state index contributed by atoms with van der Waals surface area (Å²) < 4.78 is 0. The molecule has 3 aromatic carbocycles. The normalized spacial score (nSPS) is 12.9. The molecule has 0 N–H and O–H groups in total. The average Bonchev–Trinajstić information content (AvgIpc) is 2.54.